The largest absolute Gasteiger partial charge is 0.445 e. The van der Waals surface area contributed by atoms with E-state index in [-0.39, 0.29) is 5.38 Å². The molecule has 2 nitrogen and oxygen atoms in total. The number of hydrogen-bond acceptors (Lipinski definition) is 2. The van der Waals surface area contributed by atoms with Crippen molar-refractivity contribution in [1.29, 1.82) is 0 Å². The molecule has 0 fully saturated rings. The maximum Gasteiger partial charge on any atom is 0.304 e. The van der Waals surface area contributed by atoms with E-state index in [0.717, 1.165) is 0 Å². The molecule has 0 aromatic heterocycles. The standard InChI is InChI=1S/C5H8Cl2O2/c1-3(6)5(7)9-4(2)8/h3,5H,1-2H3. The van der Waals surface area contributed by atoms with Gasteiger partial charge in [-0.15, -0.1) is 11.6 Å². The lowest BCUT2D eigenvalue weighted by Crippen LogP contribution is -2.17. The van der Waals surface area contributed by atoms with E-state index >= 15 is 0 Å². The summed E-state index contributed by atoms with van der Waals surface area (Å²) in [7, 11) is 0. The van der Waals surface area contributed by atoms with Crippen molar-refractivity contribution in [2.75, 3.05) is 0 Å². The maximum atomic E-state index is 10.2. The number of alkyl halides is 2. The Morgan fingerprint density at radius 1 is 1.56 bits per heavy atom. The molecule has 54 valence electrons. The number of halogens is 2. The summed E-state index contributed by atoms with van der Waals surface area (Å²) in [6.07, 6.45) is 0. The Kier molecular flexibility index (Phi) is 3.98. The number of carbonyl (C=O) groups is 1. The number of ether oxygens (including phenoxy) is 1. The van der Waals surface area contributed by atoms with Gasteiger partial charge in [-0.25, -0.2) is 0 Å². The number of esters is 1. The minimum atomic E-state index is -0.718. The van der Waals surface area contributed by atoms with Crippen molar-refractivity contribution < 1.29 is 9.53 Å². The molecule has 2 atom stereocenters. The van der Waals surface area contributed by atoms with Crippen LogP contribution in [0.25, 0.3) is 0 Å². The number of carbonyl (C=O) groups excluding carboxylic acids is 1. The van der Waals surface area contributed by atoms with Gasteiger partial charge in [-0.1, -0.05) is 11.6 Å². The molecule has 2 unspecified atom stereocenters. The van der Waals surface area contributed by atoms with E-state index in [0.29, 0.717) is 0 Å². The van der Waals surface area contributed by atoms with Gasteiger partial charge < -0.3 is 4.74 Å². The molecule has 0 aromatic rings. The van der Waals surface area contributed by atoms with Crippen molar-refractivity contribution in [3.05, 3.63) is 0 Å². The van der Waals surface area contributed by atoms with Gasteiger partial charge in [-0.3, -0.25) is 4.79 Å². The van der Waals surface area contributed by atoms with E-state index in [4.69, 9.17) is 23.2 Å². The summed E-state index contributed by atoms with van der Waals surface area (Å²) in [6, 6.07) is 0. The fraction of sp³-hybridized carbons (Fsp3) is 0.800. The molecular weight excluding hydrogens is 163 g/mol. The molecule has 4 heteroatoms. The third kappa shape index (κ3) is 4.55. The molecular formula is C5H8Cl2O2. The van der Waals surface area contributed by atoms with E-state index in [1.807, 2.05) is 0 Å². The normalized spacial score (nSPS) is 16.4. The second-order valence-electron chi connectivity index (χ2n) is 1.64. The van der Waals surface area contributed by atoms with E-state index in [2.05, 4.69) is 4.74 Å². The molecule has 0 heterocycles. The number of rotatable bonds is 2. The lowest BCUT2D eigenvalue weighted by atomic mass is 10.5. The predicted molar refractivity (Wildman–Crippen MR) is 36.7 cm³/mol. The summed E-state index contributed by atoms with van der Waals surface area (Å²) < 4.78 is 4.51. The van der Waals surface area contributed by atoms with Gasteiger partial charge in [-0.05, 0) is 6.92 Å². The Morgan fingerprint density at radius 2 is 2.00 bits per heavy atom. The van der Waals surface area contributed by atoms with Crippen LogP contribution in [0.1, 0.15) is 13.8 Å². The topological polar surface area (TPSA) is 26.3 Å². The van der Waals surface area contributed by atoms with Crippen LogP contribution in [0.3, 0.4) is 0 Å². The Balaban J connectivity index is 3.50. The van der Waals surface area contributed by atoms with Gasteiger partial charge >= 0.3 is 5.97 Å². The molecule has 0 spiro atoms. The first-order chi connectivity index (χ1) is 4.04. The summed E-state index contributed by atoms with van der Waals surface area (Å²) in [5.41, 5.74) is -0.718. The highest BCUT2D eigenvalue weighted by Crippen LogP contribution is 2.10. The van der Waals surface area contributed by atoms with Crippen LogP contribution in [0.5, 0.6) is 0 Å². The second-order valence-corrected chi connectivity index (χ2v) is 2.76. The first kappa shape index (κ1) is 9.05. The Hall–Kier alpha value is 0.0500. The van der Waals surface area contributed by atoms with Crippen molar-refractivity contribution in [2.45, 2.75) is 24.8 Å². The predicted octanol–water partition coefficient (Wildman–Crippen LogP) is 1.74. The van der Waals surface area contributed by atoms with Crippen molar-refractivity contribution in [3.63, 3.8) is 0 Å². The van der Waals surface area contributed by atoms with Gasteiger partial charge in [0.15, 0.2) is 5.56 Å². The lowest BCUT2D eigenvalue weighted by molar-refractivity contribution is -0.142. The Labute approximate surface area is 64.1 Å². The minimum Gasteiger partial charge on any atom is -0.445 e. The van der Waals surface area contributed by atoms with Crippen molar-refractivity contribution in [2.24, 2.45) is 0 Å². The summed E-state index contributed by atoms with van der Waals surface area (Å²) in [5, 5.41) is -0.351. The van der Waals surface area contributed by atoms with Crippen LogP contribution in [0.2, 0.25) is 0 Å². The Bertz CT molecular complexity index is 103. The third-order valence-electron chi connectivity index (χ3n) is 0.640. The summed E-state index contributed by atoms with van der Waals surface area (Å²) >= 11 is 10.9. The monoisotopic (exact) mass is 170 g/mol. The molecule has 0 aromatic carbocycles. The van der Waals surface area contributed by atoms with Gasteiger partial charge in [-0.2, -0.15) is 0 Å². The molecule has 0 saturated heterocycles. The molecule has 0 aliphatic heterocycles. The third-order valence-corrected chi connectivity index (χ3v) is 1.46. The van der Waals surface area contributed by atoms with E-state index in [9.17, 15) is 4.79 Å². The highest BCUT2D eigenvalue weighted by molar-refractivity contribution is 6.29. The van der Waals surface area contributed by atoms with Gasteiger partial charge in [0.25, 0.3) is 0 Å². The molecule has 0 radical (unpaired) electrons. The first-order valence-electron chi connectivity index (χ1n) is 2.49. The lowest BCUT2D eigenvalue weighted by Gasteiger charge is -2.10. The molecule has 9 heavy (non-hydrogen) atoms. The molecule has 0 N–H and O–H groups in total. The second kappa shape index (κ2) is 3.96. The average Bonchev–Trinajstić information content (AvgIpc) is 1.63. The van der Waals surface area contributed by atoms with Crippen LogP contribution in [-0.2, 0) is 9.53 Å². The van der Waals surface area contributed by atoms with Crippen LogP contribution in [0, 0.1) is 0 Å². The SMILES string of the molecule is CC(=O)OC(Cl)C(C)Cl. The van der Waals surface area contributed by atoms with Crippen LogP contribution in [0.4, 0.5) is 0 Å². The van der Waals surface area contributed by atoms with Crippen LogP contribution in [-0.4, -0.2) is 16.9 Å². The van der Waals surface area contributed by atoms with E-state index in [1.54, 1.807) is 6.92 Å². The quantitative estimate of drug-likeness (QED) is 0.467. The van der Waals surface area contributed by atoms with E-state index < -0.39 is 11.5 Å². The zero-order chi connectivity index (χ0) is 7.44. The van der Waals surface area contributed by atoms with Gasteiger partial charge in [0.05, 0.1) is 5.38 Å². The van der Waals surface area contributed by atoms with Gasteiger partial charge in [0.2, 0.25) is 0 Å². The van der Waals surface area contributed by atoms with Crippen molar-refractivity contribution >= 4 is 29.2 Å². The first-order valence-corrected chi connectivity index (χ1v) is 3.36. The average molecular weight is 171 g/mol. The molecule has 0 aliphatic carbocycles. The highest BCUT2D eigenvalue weighted by Gasteiger charge is 2.13. The maximum absolute atomic E-state index is 10.2. The van der Waals surface area contributed by atoms with E-state index in [1.165, 1.54) is 6.92 Å². The molecule has 0 bridgehead atoms. The summed E-state index contributed by atoms with van der Waals surface area (Å²) in [4.78, 5) is 10.2. The van der Waals surface area contributed by atoms with Crippen molar-refractivity contribution in [3.8, 4) is 0 Å². The summed E-state index contributed by atoms with van der Waals surface area (Å²) in [5.74, 6) is -0.414. The molecule has 0 aliphatic rings. The Morgan fingerprint density at radius 3 is 2.11 bits per heavy atom. The smallest absolute Gasteiger partial charge is 0.304 e. The van der Waals surface area contributed by atoms with Gasteiger partial charge in [0.1, 0.15) is 0 Å². The zero-order valence-electron chi connectivity index (χ0n) is 5.23. The number of hydrogen-bond donors (Lipinski definition) is 0. The fourth-order valence-electron chi connectivity index (χ4n) is 0.252. The molecule has 0 amide bonds. The van der Waals surface area contributed by atoms with Gasteiger partial charge in [0, 0.05) is 6.92 Å². The summed E-state index contributed by atoms with van der Waals surface area (Å²) in [6.45, 7) is 2.94. The fourth-order valence-corrected chi connectivity index (χ4v) is 0.429. The van der Waals surface area contributed by atoms with Crippen LogP contribution < -0.4 is 0 Å². The van der Waals surface area contributed by atoms with Crippen LogP contribution in [0.15, 0.2) is 0 Å². The zero-order valence-corrected chi connectivity index (χ0v) is 6.74. The molecule has 0 saturated carbocycles. The van der Waals surface area contributed by atoms with Crippen molar-refractivity contribution in [1.82, 2.24) is 0 Å². The molecule has 0 rings (SSSR count). The minimum absolute atomic E-state index is 0.351. The highest BCUT2D eigenvalue weighted by atomic mass is 35.5. The van der Waals surface area contributed by atoms with Crippen LogP contribution >= 0.6 is 23.2 Å².